The third kappa shape index (κ3) is 5.41. The monoisotopic (exact) mass is 206 g/mol. The van der Waals surface area contributed by atoms with E-state index >= 15 is 0 Å². The Kier molecular flexibility index (Phi) is 5.79. The van der Waals surface area contributed by atoms with Crippen molar-refractivity contribution in [3.63, 3.8) is 0 Å². The summed E-state index contributed by atoms with van der Waals surface area (Å²) in [4.78, 5) is 0. The lowest BCUT2D eigenvalue weighted by Crippen LogP contribution is -2.39. The van der Waals surface area contributed by atoms with Gasteiger partial charge in [0, 0.05) is 7.11 Å². The van der Waals surface area contributed by atoms with Crippen molar-refractivity contribution in [3.05, 3.63) is 0 Å². The summed E-state index contributed by atoms with van der Waals surface area (Å²) in [5, 5.41) is 18.1. The van der Waals surface area contributed by atoms with Crippen LogP contribution in [0.5, 0.6) is 0 Å². The number of hydrogen-bond donors (Lipinski definition) is 2. The summed E-state index contributed by atoms with van der Waals surface area (Å²) in [6.45, 7) is 6.24. The molecule has 0 fully saturated rings. The molecule has 0 bridgehead atoms. The van der Waals surface area contributed by atoms with Gasteiger partial charge in [0.2, 0.25) is 0 Å². The zero-order valence-electron chi connectivity index (χ0n) is 9.08. The van der Waals surface area contributed by atoms with Crippen LogP contribution in [0, 0.1) is 5.92 Å². The van der Waals surface area contributed by atoms with Crippen LogP contribution in [0.1, 0.15) is 13.8 Å². The molecule has 13 heavy (non-hydrogen) atoms. The van der Waals surface area contributed by atoms with Crippen LogP contribution in [0.15, 0.2) is 0 Å². The van der Waals surface area contributed by atoms with E-state index in [1.165, 1.54) is 0 Å². The molecule has 0 aliphatic carbocycles. The van der Waals surface area contributed by atoms with Gasteiger partial charge in [0.25, 0.3) is 0 Å². The van der Waals surface area contributed by atoms with Crippen LogP contribution in [-0.2, 0) is 4.43 Å². The maximum absolute atomic E-state index is 9.34. The van der Waals surface area contributed by atoms with Crippen LogP contribution in [0.4, 0.5) is 0 Å². The molecule has 0 saturated heterocycles. The lowest BCUT2D eigenvalue weighted by molar-refractivity contribution is 0.105. The van der Waals surface area contributed by atoms with Crippen LogP contribution >= 0.6 is 0 Å². The summed E-state index contributed by atoms with van der Waals surface area (Å²) in [5.41, 5.74) is 0. The fourth-order valence-electron chi connectivity index (χ4n) is 1.68. The van der Waals surface area contributed by atoms with Gasteiger partial charge in [-0.15, -0.1) is 0 Å². The highest BCUT2D eigenvalue weighted by Gasteiger charge is 2.31. The number of aliphatic hydroxyl groups excluding tert-OH is 2. The average Bonchev–Trinajstić information content (AvgIpc) is 2.02. The Morgan fingerprint density at radius 3 is 2.15 bits per heavy atom. The molecule has 0 rings (SSSR count). The van der Waals surface area contributed by atoms with E-state index in [1.54, 1.807) is 7.11 Å². The Morgan fingerprint density at radius 2 is 1.85 bits per heavy atom. The Hall–Kier alpha value is 0.0969. The Morgan fingerprint density at radius 1 is 1.31 bits per heavy atom. The predicted octanol–water partition coefficient (Wildman–Crippen LogP) is 1.22. The highest BCUT2D eigenvalue weighted by atomic mass is 28.4. The van der Waals surface area contributed by atoms with Gasteiger partial charge in [0.15, 0.2) is 8.32 Å². The number of rotatable bonds is 6. The number of hydrogen-bond acceptors (Lipinski definition) is 3. The van der Waals surface area contributed by atoms with Crippen molar-refractivity contribution in [3.8, 4) is 0 Å². The van der Waals surface area contributed by atoms with Crippen LogP contribution in [0.2, 0.25) is 18.6 Å². The topological polar surface area (TPSA) is 49.7 Å². The maximum atomic E-state index is 9.34. The van der Waals surface area contributed by atoms with E-state index in [0.717, 1.165) is 6.04 Å². The molecule has 0 aromatic carbocycles. The molecule has 0 heterocycles. The van der Waals surface area contributed by atoms with Gasteiger partial charge in [-0.3, -0.25) is 0 Å². The van der Waals surface area contributed by atoms with Crippen LogP contribution < -0.4 is 0 Å². The molecule has 0 aliphatic heterocycles. The Labute approximate surface area is 81.9 Å². The van der Waals surface area contributed by atoms with Gasteiger partial charge < -0.3 is 14.6 Å². The quantitative estimate of drug-likeness (QED) is 0.642. The smallest absolute Gasteiger partial charge is 0.192 e. The first kappa shape index (κ1) is 13.1. The molecule has 0 aliphatic rings. The zero-order chi connectivity index (χ0) is 10.5. The fraction of sp³-hybridized carbons (Fsp3) is 1.00. The Balaban J connectivity index is 4.10. The van der Waals surface area contributed by atoms with E-state index < -0.39 is 14.4 Å². The molecule has 2 atom stereocenters. The van der Waals surface area contributed by atoms with Crippen LogP contribution in [0.25, 0.3) is 0 Å². The van der Waals surface area contributed by atoms with Crippen LogP contribution in [-0.4, -0.2) is 38.4 Å². The minimum atomic E-state index is -1.78. The summed E-state index contributed by atoms with van der Waals surface area (Å²) in [6, 6.07) is 1.65. The molecule has 0 saturated carbocycles. The summed E-state index contributed by atoms with van der Waals surface area (Å²) in [6.07, 6.45) is -0.615. The SMILES string of the molecule is CO[Si](C)(CC(C)C)CC(O)CO. The molecule has 0 spiro atoms. The first-order valence-electron chi connectivity index (χ1n) is 4.77. The van der Waals surface area contributed by atoms with Crippen LogP contribution in [0.3, 0.4) is 0 Å². The predicted molar refractivity (Wildman–Crippen MR) is 56.2 cm³/mol. The molecular weight excluding hydrogens is 184 g/mol. The van der Waals surface area contributed by atoms with E-state index in [1.807, 2.05) is 0 Å². The van der Waals surface area contributed by atoms with E-state index in [4.69, 9.17) is 9.53 Å². The molecule has 80 valence electrons. The third-order valence-corrected chi connectivity index (χ3v) is 6.21. The zero-order valence-corrected chi connectivity index (χ0v) is 10.1. The van der Waals surface area contributed by atoms with Crippen molar-refractivity contribution >= 4 is 8.32 Å². The normalized spacial score (nSPS) is 18.7. The van der Waals surface area contributed by atoms with E-state index in [2.05, 4.69) is 20.4 Å². The lowest BCUT2D eigenvalue weighted by atomic mass is 10.3. The molecule has 2 N–H and O–H groups in total. The van der Waals surface area contributed by atoms with Crippen molar-refractivity contribution in [2.45, 2.75) is 38.6 Å². The second-order valence-electron chi connectivity index (χ2n) is 4.29. The van der Waals surface area contributed by atoms with Crippen molar-refractivity contribution in [2.75, 3.05) is 13.7 Å². The molecule has 4 heteroatoms. The Bertz CT molecular complexity index is 141. The summed E-state index contributed by atoms with van der Waals surface area (Å²) in [5.74, 6) is 0.586. The molecule has 0 aromatic heterocycles. The first-order valence-corrected chi connectivity index (χ1v) is 7.60. The summed E-state index contributed by atoms with van der Waals surface area (Å²) >= 11 is 0. The molecular formula is C9H22O3Si. The van der Waals surface area contributed by atoms with Crippen molar-refractivity contribution in [1.82, 2.24) is 0 Å². The van der Waals surface area contributed by atoms with E-state index in [0.29, 0.717) is 12.0 Å². The van der Waals surface area contributed by atoms with Crippen molar-refractivity contribution < 1.29 is 14.6 Å². The maximum Gasteiger partial charge on any atom is 0.192 e. The summed E-state index contributed by atoms with van der Waals surface area (Å²) in [7, 11) is -0.0735. The van der Waals surface area contributed by atoms with Gasteiger partial charge in [-0.1, -0.05) is 13.8 Å². The van der Waals surface area contributed by atoms with E-state index in [9.17, 15) is 5.11 Å². The first-order chi connectivity index (χ1) is 5.93. The molecule has 0 radical (unpaired) electrons. The van der Waals surface area contributed by atoms with Gasteiger partial charge in [0.1, 0.15) is 0 Å². The number of aliphatic hydroxyl groups is 2. The van der Waals surface area contributed by atoms with Crippen molar-refractivity contribution in [1.29, 1.82) is 0 Å². The van der Waals surface area contributed by atoms with Gasteiger partial charge >= 0.3 is 0 Å². The molecule has 0 amide bonds. The third-order valence-electron chi connectivity index (χ3n) is 2.21. The second kappa shape index (κ2) is 5.75. The van der Waals surface area contributed by atoms with Gasteiger partial charge in [-0.05, 0) is 24.6 Å². The van der Waals surface area contributed by atoms with Gasteiger partial charge in [-0.25, -0.2) is 0 Å². The summed E-state index contributed by atoms with van der Waals surface area (Å²) < 4.78 is 5.49. The highest BCUT2D eigenvalue weighted by Crippen LogP contribution is 2.23. The minimum absolute atomic E-state index is 0.163. The standard InChI is InChI=1S/C9H22O3Si/c1-8(2)6-13(4,12-3)7-9(11)5-10/h8-11H,5-7H2,1-4H3. The molecule has 3 nitrogen and oxygen atoms in total. The second-order valence-corrected chi connectivity index (χ2v) is 8.42. The average molecular weight is 206 g/mol. The van der Waals surface area contributed by atoms with Gasteiger partial charge in [-0.2, -0.15) is 0 Å². The lowest BCUT2D eigenvalue weighted by Gasteiger charge is -2.28. The highest BCUT2D eigenvalue weighted by molar-refractivity contribution is 6.72. The van der Waals surface area contributed by atoms with E-state index in [-0.39, 0.29) is 6.61 Å². The largest absolute Gasteiger partial charge is 0.420 e. The molecule has 2 unspecified atom stereocenters. The minimum Gasteiger partial charge on any atom is -0.420 e. The fourth-order valence-corrected chi connectivity index (χ4v) is 5.03. The van der Waals surface area contributed by atoms with Crippen molar-refractivity contribution in [2.24, 2.45) is 5.92 Å². The van der Waals surface area contributed by atoms with Gasteiger partial charge in [0.05, 0.1) is 12.7 Å². The molecule has 0 aromatic rings.